The highest BCUT2D eigenvalue weighted by Gasteiger charge is 2.50. The van der Waals surface area contributed by atoms with Gasteiger partial charge in [-0.05, 0) is 193 Å². The summed E-state index contributed by atoms with van der Waals surface area (Å²) in [6.45, 7) is 35.7. The molecule has 0 fully saturated rings. The van der Waals surface area contributed by atoms with E-state index < -0.39 is 6.85 Å². The maximum absolute atomic E-state index is 9.23. The van der Waals surface area contributed by atoms with Crippen molar-refractivity contribution in [2.75, 3.05) is 9.80 Å². The number of aryl methyl sites for hydroxylation is 3. The van der Waals surface area contributed by atoms with Crippen LogP contribution in [0.1, 0.15) is 188 Å². The summed E-state index contributed by atoms with van der Waals surface area (Å²) in [6.07, 6.45) is 4.36. The first-order chi connectivity index (χ1) is 32.4. The van der Waals surface area contributed by atoms with Crippen molar-refractivity contribution >= 4 is 57.2 Å². The van der Waals surface area contributed by atoms with Crippen LogP contribution in [0, 0.1) is 20.7 Å². The molecule has 0 aromatic heterocycles. The molecule has 0 amide bonds. The van der Waals surface area contributed by atoms with Crippen LogP contribution in [0.5, 0.6) is 0 Å². The van der Waals surface area contributed by atoms with Crippen LogP contribution in [0.3, 0.4) is 0 Å². The quantitative estimate of drug-likeness (QED) is 0.163. The molecule has 0 N–H and O–H groups in total. The molecule has 3 heteroatoms. The zero-order valence-corrected chi connectivity index (χ0v) is 43.5. The van der Waals surface area contributed by atoms with Gasteiger partial charge in [-0.25, -0.2) is 0 Å². The Morgan fingerprint density at radius 1 is 0.448 bits per heavy atom. The molecule has 0 radical (unpaired) electrons. The third-order valence-electron chi connectivity index (χ3n) is 18.1. The predicted octanol–water partition coefficient (Wildman–Crippen LogP) is 15.3. The number of benzene rings is 6. The lowest BCUT2D eigenvalue weighted by atomic mass is 9.33. The summed E-state index contributed by atoms with van der Waals surface area (Å²) < 4.78 is 27.7. The summed E-state index contributed by atoms with van der Waals surface area (Å²) in [5.41, 5.74) is 23.6. The summed E-state index contributed by atoms with van der Waals surface area (Å²) in [7, 11) is 0. The van der Waals surface area contributed by atoms with Crippen LogP contribution in [-0.4, -0.2) is 6.71 Å². The number of anilines is 6. The molecule has 0 atom stereocenters. The Kier molecular flexibility index (Phi) is 8.46. The van der Waals surface area contributed by atoms with Gasteiger partial charge in [0.2, 0.25) is 0 Å². The first kappa shape index (κ1) is 41.0. The molecule has 0 saturated heterocycles. The molecule has 344 valence electrons. The lowest BCUT2D eigenvalue weighted by Crippen LogP contribution is -2.62. The van der Waals surface area contributed by atoms with E-state index in [1.165, 1.54) is 72.0 Å². The fourth-order valence-corrected chi connectivity index (χ4v) is 14.7. The third-order valence-corrected chi connectivity index (χ3v) is 18.1. The Morgan fingerprint density at radius 2 is 0.881 bits per heavy atom. The van der Waals surface area contributed by atoms with Crippen molar-refractivity contribution in [3.8, 4) is 0 Å². The zero-order valence-electron chi connectivity index (χ0n) is 46.5. The van der Waals surface area contributed by atoms with Gasteiger partial charge in [0, 0.05) is 43.7 Å². The fourth-order valence-electron chi connectivity index (χ4n) is 14.7. The Balaban J connectivity index is 1.30. The van der Waals surface area contributed by atoms with Crippen molar-refractivity contribution < 1.29 is 4.11 Å². The number of rotatable bonds is 4. The average Bonchev–Trinajstić information content (AvgIpc) is 3.57. The molecule has 0 bridgehead atoms. The highest BCUT2D eigenvalue weighted by Crippen LogP contribution is 2.56. The molecule has 2 heterocycles. The molecule has 6 aromatic rings. The number of nitrogens with zero attached hydrogens (tertiary/aromatic N) is 2. The molecule has 2 nitrogen and oxygen atoms in total. The van der Waals surface area contributed by atoms with E-state index in [0.717, 1.165) is 59.8 Å². The average molecular weight is 886 g/mol. The van der Waals surface area contributed by atoms with Gasteiger partial charge in [-0.1, -0.05) is 158 Å². The van der Waals surface area contributed by atoms with Gasteiger partial charge >= 0.3 is 0 Å². The highest BCUT2D eigenvalue weighted by atomic mass is 15.2. The summed E-state index contributed by atoms with van der Waals surface area (Å²) in [5.74, 6) is 0. The topological polar surface area (TPSA) is 6.48 Å². The van der Waals surface area contributed by atoms with Crippen molar-refractivity contribution in [3.05, 3.63) is 158 Å². The van der Waals surface area contributed by atoms with Crippen LogP contribution in [0.2, 0.25) is 0 Å². The molecule has 11 rings (SSSR count). The number of hydrogen-bond donors (Lipinski definition) is 0. The maximum Gasteiger partial charge on any atom is 0.252 e. The zero-order chi connectivity index (χ0) is 50.4. The smallest absolute Gasteiger partial charge is 0.252 e. The van der Waals surface area contributed by atoms with Crippen LogP contribution in [-0.2, 0) is 37.9 Å². The van der Waals surface area contributed by atoms with Crippen LogP contribution < -0.4 is 26.2 Å². The van der Waals surface area contributed by atoms with Gasteiger partial charge in [0.1, 0.15) is 0 Å². The first-order valence-electron chi connectivity index (χ1n) is 26.8. The van der Waals surface area contributed by atoms with E-state index in [-0.39, 0.29) is 44.6 Å². The molecule has 2 aliphatic heterocycles. The van der Waals surface area contributed by atoms with Gasteiger partial charge in [-0.2, -0.15) is 0 Å². The van der Waals surface area contributed by atoms with Gasteiger partial charge in [-0.15, -0.1) is 0 Å². The Morgan fingerprint density at radius 3 is 1.40 bits per heavy atom. The standard InChI is InChI=1S/C64H75BN2/c1-38-27-55-57-56(28-38)67(53-33-46-43(29-39(53)2)58(4,5)25-26-59(46,6)7)54-35-48-45(61(10,11)37-63(48,14)15)32-50(54)65(57)49-31-42(64(16,17)41-21-19-18-20-22-41)23-24-51(49)66(55)52-34-47-44(30-40(52)3)60(8,9)36-62(47,12)13/h18-24,27-35H,25-26,36-37H2,1-17H3/i1D3. The molecular weight excluding hydrogens is 808 g/mol. The van der Waals surface area contributed by atoms with E-state index in [0.29, 0.717) is 5.56 Å². The minimum Gasteiger partial charge on any atom is -0.311 e. The molecular formula is C64H75BN2. The van der Waals surface area contributed by atoms with E-state index in [9.17, 15) is 4.11 Å². The summed E-state index contributed by atoms with van der Waals surface area (Å²) in [6, 6.07) is 37.3. The number of fused-ring (bicyclic) bond motifs is 7. The van der Waals surface area contributed by atoms with Crippen molar-refractivity contribution in [2.45, 2.75) is 181 Å². The first-order valence-corrected chi connectivity index (χ1v) is 25.3. The van der Waals surface area contributed by atoms with Crippen molar-refractivity contribution in [1.82, 2.24) is 0 Å². The van der Waals surface area contributed by atoms with Crippen molar-refractivity contribution in [3.63, 3.8) is 0 Å². The minimum absolute atomic E-state index is 0.0243. The predicted molar refractivity (Wildman–Crippen MR) is 290 cm³/mol. The van der Waals surface area contributed by atoms with Crippen molar-refractivity contribution in [2.24, 2.45) is 0 Å². The molecule has 0 saturated carbocycles. The molecule has 67 heavy (non-hydrogen) atoms. The van der Waals surface area contributed by atoms with Gasteiger partial charge < -0.3 is 9.80 Å². The molecule has 0 unspecified atom stereocenters. The van der Waals surface area contributed by atoms with Crippen LogP contribution >= 0.6 is 0 Å². The molecule has 5 aliphatic rings. The van der Waals surface area contributed by atoms with Crippen LogP contribution in [0.15, 0.2) is 97.1 Å². The SMILES string of the molecule is [2H]C([2H])([2H])c1cc2c3c(c1)N(c1cc4c(cc1C)C(C)(C)CCC4(C)C)c1cc4c(cc1B3c1cc(C(C)(C)c3ccccc3)ccc1N2c1cc2c(cc1C)C(C)(C)CC2(C)C)C(C)(C)CC4(C)C. The van der Waals surface area contributed by atoms with E-state index in [1.54, 1.807) is 0 Å². The largest absolute Gasteiger partial charge is 0.311 e. The minimum atomic E-state index is -2.36. The van der Waals surface area contributed by atoms with Crippen LogP contribution in [0.4, 0.5) is 34.1 Å². The highest BCUT2D eigenvalue weighted by molar-refractivity contribution is 7.00. The second-order valence-electron chi connectivity index (χ2n) is 26.3. The lowest BCUT2D eigenvalue weighted by molar-refractivity contribution is 0.332. The van der Waals surface area contributed by atoms with Gasteiger partial charge in [-0.3, -0.25) is 0 Å². The molecule has 6 aromatic carbocycles. The number of hydrogen-bond acceptors (Lipinski definition) is 2. The summed E-state index contributed by atoms with van der Waals surface area (Å²) in [4.78, 5) is 5.00. The second kappa shape index (κ2) is 13.8. The van der Waals surface area contributed by atoms with E-state index in [1.807, 2.05) is 6.07 Å². The lowest BCUT2D eigenvalue weighted by Gasteiger charge is -2.47. The van der Waals surface area contributed by atoms with Gasteiger partial charge in [0.05, 0.1) is 0 Å². The van der Waals surface area contributed by atoms with E-state index in [2.05, 4.69) is 212 Å². The van der Waals surface area contributed by atoms with Gasteiger partial charge in [0.25, 0.3) is 6.71 Å². The fraction of sp³-hybridized carbons (Fsp3) is 0.438. The Bertz CT molecular complexity index is 3220. The monoisotopic (exact) mass is 886 g/mol. The Hall–Kier alpha value is -5.02. The second-order valence-corrected chi connectivity index (χ2v) is 26.3. The van der Waals surface area contributed by atoms with Gasteiger partial charge in [0.15, 0.2) is 0 Å². The Labute approximate surface area is 408 Å². The van der Waals surface area contributed by atoms with E-state index in [4.69, 9.17) is 0 Å². The maximum atomic E-state index is 9.23. The van der Waals surface area contributed by atoms with Crippen LogP contribution in [0.25, 0.3) is 0 Å². The van der Waals surface area contributed by atoms with E-state index >= 15 is 0 Å². The summed E-state index contributed by atoms with van der Waals surface area (Å²) >= 11 is 0. The third kappa shape index (κ3) is 6.34. The molecule has 0 spiro atoms. The molecule has 3 aliphatic carbocycles. The summed E-state index contributed by atoms with van der Waals surface area (Å²) in [5, 5.41) is 0. The van der Waals surface area contributed by atoms with Crippen molar-refractivity contribution in [1.29, 1.82) is 0 Å². The normalized spacial score (nSPS) is 21.3.